The number of benzene rings is 1. The van der Waals surface area contributed by atoms with Gasteiger partial charge in [0.1, 0.15) is 5.82 Å². The van der Waals surface area contributed by atoms with Crippen LogP contribution in [0.15, 0.2) is 30.5 Å². The topological polar surface area (TPSA) is 60.2 Å². The van der Waals surface area contributed by atoms with E-state index in [1.54, 1.807) is 23.2 Å². The second kappa shape index (κ2) is 5.62. The van der Waals surface area contributed by atoms with Crippen molar-refractivity contribution < 1.29 is 13.9 Å². The lowest BCUT2D eigenvalue weighted by Gasteiger charge is -2.57. The number of rotatable bonds is 3. The first-order chi connectivity index (χ1) is 11.9. The van der Waals surface area contributed by atoms with E-state index in [0.29, 0.717) is 11.6 Å². The highest BCUT2D eigenvalue weighted by Crippen LogP contribution is 2.54. The van der Waals surface area contributed by atoms with Crippen LogP contribution in [0.2, 0.25) is 0 Å². The van der Waals surface area contributed by atoms with Crippen molar-refractivity contribution in [2.24, 2.45) is 11.3 Å². The van der Waals surface area contributed by atoms with Gasteiger partial charge in [-0.1, -0.05) is 19.1 Å². The molecule has 4 rings (SSSR count). The molecule has 1 saturated heterocycles. The van der Waals surface area contributed by atoms with E-state index in [1.807, 2.05) is 7.05 Å². The van der Waals surface area contributed by atoms with Crippen LogP contribution in [0.4, 0.5) is 4.39 Å². The van der Waals surface area contributed by atoms with Crippen molar-refractivity contribution in [2.45, 2.75) is 32.4 Å². The summed E-state index contributed by atoms with van der Waals surface area (Å²) in [5.41, 5.74) is 0.868. The zero-order chi connectivity index (χ0) is 17.8. The van der Waals surface area contributed by atoms with E-state index in [1.165, 1.54) is 16.8 Å². The third-order valence-corrected chi connectivity index (χ3v) is 5.58. The molecule has 0 unspecified atom stereocenters. The Balaban J connectivity index is 1.54. The van der Waals surface area contributed by atoms with Crippen LogP contribution >= 0.6 is 0 Å². The normalized spacial score (nSPS) is 26.8. The number of ether oxygens (including phenoxy) is 1. The second-order valence-electron chi connectivity index (χ2n) is 7.45. The molecule has 1 aliphatic heterocycles. The minimum absolute atomic E-state index is 0.0709. The van der Waals surface area contributed by atoms with Crippen molar-refractivity contribution in [1.29, 1.82) is 0 Å². The Morgan fingerprint density at radius 3 is 2.80 bits per heavy atom. The Labute approximate surface area is 145 Å². The van der Waals surface area contributed by atoms with Gasteiger partial charge in [-0.3, -0.25) is 4.79 Å². The molecule has 132 valence electrons. The number of hydrogen-bond acceptors (Lipinski definition) is 4. The average Bonchev–Trinajstić information content (AvgIpc) is 3.23. The fourth-order valence-corrected chi connectivity index (χ4v) is 4.47. The van der Waals surface area contributed by atoms with Crippen LogP contribution in [0, 0.1) is 17.2 Å². The summed E-state index contributed by atoms with van der Waals surface area (Å²) in [5, 5.41) is 8.00. The van der Waals surface area contributed by atoms with Gasteiger partial charge in [-0.05, 0) is 30.7 Å². The Hall–Kier alpha value is -2.28. The number of halogens is 1. The number of carbonyl (C=O) groups is 1. The van der Waals surface area contributed by atoms with Gasteiger partial charge in [0.05, 0.1) is 18.0 Å². The summed E-state index contributed by atoms with van der Waals surface area (Å²) >= 11 is 0. The highest BCUT2D eigenvalue weighted by molar-refractivity contribution is 5.92. The zero-order valence-electron chi connectivity index (χ0n) is 14.5. The number of fused-ring (bicyclic) bond motifs is 1. The summed E-state index contributed by atoms with van der Waals surface area (Å²) in [7, 11) is 1.82. The molecule has 0 radical (unpaired) electrons. The molecular weight excluding hydrogens is 323 g/mol. The van der Waals surface area contributed by atoms with Crippen molar-refractivity contribution in [2.75, 3.05) is 13.7 Å². The summed E-state index contributed by atoms with van der Waals surface area (Å²) in [4.78, 5) is 14.6. The average molecular weight is 344 g/mol. The molecule has 1 amide bonds. The highest BCUT2D eigenvalue weighted by Gasteiger charge is 2.61. The SMILES string of the molecule is CN(C(=O)c1cn(-c2ccc(F)cc2)nn1)[C@@H]1[C@H]2CCO[C@H]2C1(C)C. The van der Waals surface area contributed by atoms with Crippen LogP contribution in [-0.4, -0.2) is 51.6 Å². The van der Waals surface area contributed by atoms with Crippen LogP contribution in [0.1, 0.15) is 30.8 Å². The second-order valence-corrected chi connectivity index (χ2v) is 7.45. The summed E-state index contributed by atoms with van der Waals surface area (Å²) < 4.78 is 20.3. The van der Waals surface area contributed by atoms with E-state index in [-0.39, 0.29) is 35.0 Å². The molecule has 0 spiro atoms. The largest absolute Gasteiger partial charge is 0.377 e. The Bertz CT molecular complexity index is 802. The van der Waals surface area contributed by atoms with Gasteiger partial charge in [0.2, 0.25) is 0 Å². The minimum Gasteiger partial charge on any atom is -0.377 e. The molecule has 2 heterocycles. The molecule has 2 aromatic rings. The van der Waals surface area contributed by atoms with Gasteiger partial charge < -0.3 is 9.64 Å². The lowest BCUT2D eigenvalue weighted by atomic mass is 9.57. The van der Waals surface area contributed by atoms with Gasteiger partial charge in [0, 0.05) is 31.0 Å². The molecule has 0 N–H and O–H groups in total. The van der Waals surface area contributed by atoms with Crippen LogP contribution < -0.4 is 0 Å². The maximum absolute atomic E-state index is 13.0. The predicted octanol–water partition coefficient (Wildman–Crippen LogP) is 2.29. The molecule has 2 aliphatic rings. The maximum atomic E-state index is 13.0. The Morgan fingerprint density at radius 2 is 2.08 bits per heavy atom. The minimum atomic E-state index is -0.319. The summed E-state index contributed by atoms with van der Waals surface area (Å²) in [6.07, 6.45) is 2.79. The van der Waals surface area contributed by atoms with E-state index < -0.39 is 0 Å². The zero-order valence-corrected chi connectivity index (χ0v) is 14.5. The molecule has 1 aliphatic carbocycles. The third-order valence-electron chi connectivity index (χ3n) is 5.58. The molecule has 3 atom stereocenters. The van der Waals surface area contributed by atoms with Gasteiger partial charge in [0.15, 0.2) is 5.69 Å². The monoisotopic (exact) mass is 344 g/mol. The third kappa shape index (κ3) is 2.45. The fourth-order valence-electron chi connectivity index (χ4n) is 4.47. The highest BCUT2D eigenvalue weighted by atomic mass is 19.1. The number of aromatic nitrogens is 3. The predicted molar refractivity (Wildman–Crippen MR) is 88.8 cm³/mol. The fraction of sp³-hybridized carbons (Fsp3) is 0.500. The molecule has 1 saturated carbocycles. The quantitative estimate of drug-likeness (QED) is 0.857. The van der Waals surface area contributed by atoms with E-state index in [4.69, 9.17) is 4.74 Å². The smallest absolute Gasteiger partial charge is 0.276 e. The first-order valence-corrected chi connectivity index (χ1v) is 8.46. The number of amides is 1. The van der Waals surface area contributed by atoms with Gasteiger partial charge >= 0.3 is 0 Å². The molecule has 25 heavy (non-hydrogen) atoms. The molecule has 6 nitrogen and oxygen atoms in total. The van der Waals surface area contributed by atoms with E-state index in [0.717, 1.165) is 13.0 Å². The Morgan fingerprint density at radius 1 is 1.36 bits per heavy atom. The van der Waals surface area contributed by atoms with Crippen molar-refractivity contribution in [3.05, 3.63) is 42.0 Å². The van der Waals surface area contributed by atoms with Crippen molar-refractivity contribution in [1.82, 2.24) is 19.9 Å². The van der Waals surface area contributed by atoms with Crippen LogP contribution in [0.3, 0.4) is 0 Å². The van der Waals surface area contributed by atoms with Crippen molar-refractivity contribution in [3.8, 4) is 5.69 Å². The van der Waals surface area contributed by atoms with E-state index in [2.05, 4.69) is 24.2 Å². The Kier molecular flexibility index (Phi) is 3.64. The van der Waals surface area contributed by atoms with Gasteiger partial charge in [-0.25, -0.2) is 9.07 Å². The lowest BCUT2D eigenvalue weighted by molar-refractivity contribution is -0.139. The molecule has 1 aromatic carbocycles. The summed E-state index contributed by atoms with van der Waals surface area (Å²) in [6, 6.07) is 6.02. The number of carbonyl (C=O) groups excluding carboxylic acids is 1. The number of hydrogen-bond donors (Lipinski definition) is 0. The van der Waals surface area contributed by atoms with Crippen LogP contribution in [0.5, 0.6) is 0 Å². The molecule has 2 fully saturated rings. The van der Waals surface area contributed by atoms with Crippen LogP contribution in [-0.2, 0) is 4.74 Å². The van der Waals surface area contributed by atoms with Crippen molar-refractivity contribution in [3.63, 3.8) is 0 Å². The number of nitrogens with zero attached hydrogens (tertiary/aromatic N) is 4. The molecule has 1 aromatic heterocycles. The van der Waals surface area contributed by atoms with Crippen molar-refractivity contribution >= 4 is 5.91 Å². The van der Waals surface area contributed by atoms with E-state index >= 15 is 0 Å². The summed E-state index contributed by atoms with van der Waals surface area (Å²) in [6.45, 7) is 5.05. The standard InChI is InChI=1S/C18H21FN4O2/c1-18(2)15(13-8-9-25-16(13)18)22(3)17(24)14-10-23(21-20-14)12-6-4-11(19)5-7-12/h4-7,10,13,15-16H,8-9H2,1-3H3/t13-,15-,16-/m1/s1. The molecule has 0 bridgehead atoms. The first-order valence-electron chi connectivity index (χ1n) is 8.46. The van der Waals surface area contributed by atoms with E-state index in [9.17, 15) is 9.18 Å². The van der Waals surface area contributed by atoms with Gasteiger partial charge in [-0.15, -0.1) is 5.10 Å². The molecule has 7 heteroatoms. The van der Waals surface area contributed by atoms with Gasteiger partial charge in [0.25, 0.3) is 5.91 Å². The summed E-state index contributed by atoms with van der Waals surface area (Å²) in [5.74, 6) is -0.0895. The van der Waals surface area contributed by atoms with Crippen LogP contribution in [0.25, 0.3) is 5.69 Å². The lowest BCUT2D eigenvalue weighted by Crippen LogP contribution is -2.66. The first kappa shape index (κ1) is 16.2. The maximum Gasteiger partial charge on any atom is 0.276 e. The van der Waals surface area contributed by atoms with Gasteiger partial charge in [-0.2, -0.15) is 0 Å². The molecular formula is C18H21FN4O2.